The lowest BCUT2D eigenvalue weighted by Crippen LogP contribution is -2.45. The highest BCUT2D eigenvalue weighted by molar-refractivity contribution is 5.92. The highest BCUT2D eigenvalue weighted by Crippen LogP contribution is 2.51. The van der Waals surface area contributed by atoms with Crippen LogP contribution in [0.5, 0.6) is 0 Å². The SMILES string of the molecule is O=C1C(F)(F)CCCCC12CCC2. The molecule has 2 rings (SSSR count). The number of hydrogen-bond donors (Lipinski definition) is 0. The summed E-state index contributed by atoms with van der Waals surface area (Å²) < 4.78 is 26.4. The average Bonchev–Trinajstić information content (AvgIpc) is 2.10. The van der Waals surface area contributed by atoms with Crippen LogP contribution in [0.2, 0.25) is 0 Å². The molecule has 2 saturated carbocycles. The van der Waals surface area contributed by atoms with Gasteiger partial charge < -0.3 is 0 Å². The minimum absolute atomic E-state index is 0.229. The molecular formula is C10H14F2O. The van der Waals surface area contributed by atoms with E-state index in [1.807, 2.05) is 0 Å². The second-order valence-corrected chi connectivity index (χ2v) is 4.37. The van der Waals surface area contributed by atoms with E-state index in [-0.39, 0.29) is 6.42 Å². The van der Waals surface area contributed by atoms with Crippen molar-refractivity contribution in [3.05, 3.63) is 0 Å². The van der Waals surface area contributed by atoms with Crippen LogP contribution in [0, 0.1) is 5.41 Å². The van der Waals surface area contributed by atoms with Crippen LogP contribution in [0.25, 0.3) is 0 Å². The molecule has 2 aliphatic rings. The third-order valence-corrected chi connectivity index (χ3v) is 3.52. The Balaban J connectivity index is 2.23. The lowest BCUT2D eigenvalue weighted by molar-refractivity contribution is -0.158. The molecule has 13 heavy (non-hydrogen) atoms. The number of halogens is 2. The van der Waals surface area contributed by atoms with Crippen molar-refractivity contribution in [2.45, 2.75) is 50.9 Å². The first kappa shape index (κ1) is 9.10. The van der Waals surface area contributed by atoms with Crippen LogP contribution in [-0.2, 0) is 4.79 Å². The quantitative estimate of drug-likeness (QED) is 0.571. The first-order valence-electron chi connectivity index (χ1n) is 5.00. The largest absolute Gasteiger partial charge is 0.305 e. The van der Waals surface area contributed by atoms with Gasteiger partial charge >= 0.3 is 5.92 Å². The predicted octanol–water partition coefficient (Wildman–Crippen LogP) is 2.94. The summed E-state index contributed by atoms with van der Waals surface area (Å²) in [5.74, 6) is -3.79. The summed E-state index contributed by atoms with van der Waals surface area (Å²) in [7, 11) is 0. The van der Waals surface area contributed by atoms with Gasteiger partial charge in [-0.15, -0.1) is 0 Å². The van der Waals surface area contributed by atoms with Crippen molar-refractivity contribution in [1.29, 1.82) is 0 Å². The molecule has 3 heteroatoms. The molecule has 1 nitrogen and oxygen atoms in total. The van der Waals surface area contributed by atoms with E-state index < -0.39 is 17.1 Å². The van der Waals surface area contributed by atoms with E-state index >= 15 is 0 Å². The molecule has 0 amide bonds. The van der Waals surface area contributed by atoms with Crippen molar-refractivity contribution in [3.63, 3.8) is 0 Å². The van der Waals surface area contributed by atoms with Crippen LogP contribution in [0.15, 0.2) is 0 Å². The Morgan fingerprint density at radius 3 is 2.00 bits per heavy atom. The predicted molar refractivity (Wildman–Crippen MR) is 44.7 cm³/mol. The number of Topliss-reactive ketones (excluding diaryl/α,β-unsaturated/α-hetero) is 1. The number of carbonyl (C=O) groups is 1. The molecule has 0 aliphatic heterocycles. The minimum Gasteiger partial charge on any atom is -0.292 e. The smallest absolute Gasteiger partial charge is 0.292 e. The Morgan fingerprint density at radius 1 is 0.923 bits per heavy atom. The fourth-order valence-corrected chi connectivity index (χ4v) is 2.51. The van der Waals surface area contributed by atoms with E-state index in [1.54, 1.807) is 0 Å². The maximum Gasteiger partial charge on any atom is 0.305 e. The van der Waals surface area contributed by atoms with Crippen molar-refractivity contribution in [2.75, 3.05) is 0 Å². The molecule has 0 aromatic rings. The van der Waals surface area contributed by atoms with E-state index in [0.717, 1.165) is 12.8 Å². The summed E-state index contributed by atoms with van der Waals surface area (Å²) in [5, 5.41) is 0. The highest BCUT2D eigenvalue weighted by atomic mass is 19.3. The van der Waals surface area contributed by atoms with Gasteiger partial charge in [-0.2, -0.15) is 8.78 Å². The Hall–Kier alpha value is -0.470. The van der Waals surface area contributed by atoms with Crippen LogP contribution < -0.4 is 0 Å². The first-order chi connectivity index (χ1) is 6.07. The summed E-state index contributed by atoms with van der Waals surface area (Å²) in [6, 6.07) is 0. The zero-order chi connectivity index (χ0) is 9.53. The van der Waals surface area contributed by atoms with Crippen LogP contribution >= 0.6 is 0 Å². The maximum atomic E-state index is 13.2. The van der Waals surface area contributed by atoms with Gasteiger partial charge in [-0.1, -0.05) is 12.8 Å². The summed E-state index contributed by atoms with van der Waals surface area (Å²) in [6.45, 7) is 0. The summed E-state index contributed by atoms with van der Waals surface area (Å²) in [4.78, 5) is 11.5. The zero-order valence-corrected chi connectivity index (χ0v) is 7.61. The van der Waals surface area contributed by atoms with Crippen molar-refractivity contribution < 1.29 is 13.6 Å². The molecule has 0 bridgehead atoms. The number of carbonyl (C=O) groups excluding carboxylic acids is 1. The minimum atomic E-state index is -3.03. The second-order valence-electron chi connectivity index (χ2n) is 4.37. The van der Waals surface area contributed by atoms with Gasteiger partial charge in [-0.25, -0.2) is 0 Å². The number of ketones is 1. The van der Waals surface area contributed by atoms with E-state index in [2.05, 4.69) is 0 Å². The third kappa shape index (κ3) is 1.29. The Morgan fingerprint density at radius 2 is 1.46 bits per heavy atom. The molecular weight excluding hydrogens is 174 g/mol. The molecule has 0 N–H and O–H groups in total. The monoisotopic (exact) mass is 188 g/mol. The van der Waals surface area contributed by atoms with Gasteiger partial charge in [0.05, 0.1) is 0 Å². The van der Waals surface area contributed by atoms with Gasteiger partial charge in [0.15, 0.2) is 0 Å². The maximum absolute atomic E-state index is 13.2. The van der Waals surface area contributed by atoms with Gasteiger partial charge in [0.1, 0.15) is 0 Å². The molecule has 0 aromatic heterocycles. The highest BCUT2D eigenvalue weighted by Gasteiger charge is 2.55. The Bertz CT molecular complexity index is 231. The first-order valence-corrected chi connectivity index (χ1v) is 5.00. The lowest BCUT2D eigenvalue weighted by Gasteiger charge is -2.40. The normalized spacial score (nSPS) is 31.1. The molecule has 0 heterocycles. The molecule has 74 valence electrons. The third-order valence-electron chi connectivity index (χ3n) is 3.52. The molecule has 0 atom stereocenters. The fourth-order valence-electron chi connectivity index (χ4n) is 2.51. The van der Waals surface area contributed by atoms with E-state index in [9.17, 15) is 13.6 Å². The van der Waals surface area contributed by atoms with Gasteiger partial charge in [-0.3, -0.25) is 4.79 Å². The lowest BCUT2D eigenvalue weighted by atomic mass is 9.63. The molecule has 0 saturated heterocycles. The molecule has 0 unspecified atom stereocenters. The second kappa shape index (κ2) is 2.76. The number of alkyl halides is 2. The van der Waals surface area contributed by atoms with Gasteiger partial charge in [0.25, 0.3) is 0 Å². The van der Waals surface area contributed by atoms with Crippen molar-refractivity contribution >= 4 is 5.78 Å². The van der Waals surface area contributed by atoms with Gasteiger partial charge in [0.2, 0.25) is 5.78 Å². The van der Waals surface area contributed by atoms with E-state index in [1.165, 1.54) is 0 Å². The van der Waals surface area contributed by atoms with Crippen LogP contribution in [-0.4, -0.2) is 11.7 Å². The standard InChI is InChI=1S/C10H14F2O/c11-10(12)7-2-1-4-9(8(10)13)5-3-6-9/h1-7H2. The summed E-state index contributed by atoms with van der Waals surface area (Å²) >= 11 is 0. The van der Waals surface area contributed by atoms with Gasteiger partial charge in [-0.05, 0) is 25.7 Å². The Kier molecular flexibility index (Phi) is 1.93. The molecule has 0 radical (unpaired) electrons. The molecule has 1 spiro atoms. The van der Waals surface area contributed by atoms with Crippen LogP contribution in [0.4, 0.5) is 8.78 Å². The van der Waals surface area contributed by atoms with E-state index in [4.69, 9.17) is 0 Å². The summed E-state index contributed by atoms with van der Waals surface area (Å²) in [6.07, 6.45) is 4.10. The molecule has 2 fully saturated rings. The summed E-state index contributed by atoms with van der Waals surface area (Å²) in [5.41, 5.74) is -0.611. The number of hydrogen-bond acceptors (Lipinski definition) is 1. The Labute approximate surface area is 76.5 Å². The van der Waals surface area contributed by atoms with E-state index in [0.29, 0.717) is 25.7 Å². The topological polar surface area (TPSA) is 17.1 Å². The van der Waals surface area contributed by atoms with Crippen LogP contribution in [0.3, 0.4) is 0 Å². The average molecular weight is 188 g/mol. The van der Waals surface area contributed by atoms with Crippen molar-refractivity contribution in [3.8, 4) is 0 Å². The van der Waals surface area contributed by atoms with Gasteiger partial charge in [0, 0.05) is 11.8 Å². The van der Waals surface area contributed by atoms with Crippen molar-refractivity contribution in [2.24, 2.45) is 5.41 Å². The fraction of sp³-hybridized carbons (Fsp3) is 0.900. The zero-order valence-electron chi connectivity index (χ0n) is 7.61. The van der Waals surface area contributed by atoms with Crippen LogP contribution in [0.1, 0.15) is 44.9 Å². The number of rotatable bonds is 0. The molecule has 0 aromatic carbocycles. The molecule has 2 aliphatic carbocycles. The van der Waals surface area contributed by atoms with Crippen molar-refractivity contribution in [1.82, 2.24) is 0 Å².